The molecule has 0 aromatic rings. The maximum Gasteiger partial charge on any atom is 0.00526 e. The molecule has 0 aromatic heterocycles. The normalized spacial score (nSPS) is 12.8. The van der Waals surface area contributed by atoms with Gasteiger partial charge in [-0.1, -0.05) is 50.7 Å². The molecule has 0 fully saturated rings. The molecule has 0 atom stereocenters. The van der Waals surface area contributed by atoms with Gasteiger partial charge in [-0.2, -0.15) is 0 Å². The second-order valence-electron chi connectivity index (χ2n) is 6.04. The van der Waals surface area contributed by atoms with Crippen molar-refractivity contribution < 1.29 is 0 Å². The van der Waals surface area contributed by atoms with Crippen LogP contribution in [0.4, 0.5) is 0 Å². The Kier molecular flexibility index (Phi) is 15.6. The van der Waals surface area contributed by atoms with Crippen molar-refractivity contribution >= 4 is 0 Å². The van der Waals surface area contributed by atoms with Crippen LogP contribution in [0.5, 0.6) is 0 Å². The summed E-state index contributed by atoms with van der Waals surface area (Å²) in [6.07, 6.45) is 18.6. The largest absolute Gasteiger partial charge is 0.402 e. The molecule has 130 valence electrons. The lowest BCUT2D eigenvalue weighted by Crippen LogP contribution is -2.06. The first-order valence-electron chi connectivity index (χ1n) is 8.99. The van der Waals surface area contributed by atoms with Gasteiger partial charge in [0, 0.05) is 11.4 Å². The topological polar surface area (TPSA) is 104 Å². The Morgan fingerprint density at radius 2 is 0.864 bits per heavy atom. The summed E-state index contributed by atoms with van der Waals surface area (Å²) in [6, 6.07) is 0. The fourth-order valence-corrected chi connectivity index (χ4v) is 2.46. The second-order valence-corrected chi connectivity index (χ2v) is 6.04. The van der Waals surface area contributed by atoms with E-state index in [0.29, 0.717) is 13.1 Å². The van der Waals surface area contributed by atoms with Crippen LogP contribution in [-0.2, 0) is 0 Å². The minimum Gasteiger partial charge on any atom is -0.402 e. The molecule has 0 saturated heterocycles. The molecule has 0 aromatic carbocycles. The summed E-state index contributed by atoms with van der Waals surface area (Å²) in [7, 11) is 0. The Hall–Kier alpha value is -1.00. The van der Waals surface area contributed by atoms with E-state index in [1.807, 2.05) is 0 Å². The molecule has 22 heavy (non-hydrogen) atoms. The van der Waals surface area contributed by atoms with Crippen molar-refractivity contribution in [3.05, 3.63) is 23.5 Å². The average Bonchev–Trinajstić information content (AvgIpc) is 2.49. The molecule has 0 radical (unpaired) electrons. The van der Waals surface area contributed by atoms with E-state index in [1.165, 1.54) is 51.4 Å². The van der Waals surface area contributed by atoms with Crippen LogP contribution in [0.15, 0.2) is 23.5 Å². The van der Waals surface area contributed by atoms with Crippen LogP contribution in [0.1, 0.15) is 77.0 Å². The predicted molar refractivity (Wildman–Crippen MR) is 98.1 cm³/mol. The van der Waals surface area contributed by atoms with Crippen LogP contribution in [0.2, 0.25) is 0 Å². The number of hydrogen-bond acceptors (Lipinski definition) is 4. The quantitative estimate of drug-likeness (QED) is 0.348. The highest BCUT2D eigenvalue weighted by molar-refractivity contribution is 4.96. The number of rotatable bonds is 15. The van der Waals surface area contributed by atoms with Crippen molar-refractivity contribution in [1.82, 2.24) is 0 Å². The van der Waals surface area contributed by atoms with Crippen LogP contribution in [0.25, 0.3) is 0 Å². The van der Waals surface area contributed by atoms with Gasteiger partial charge in [-0.25, -0.2) is 0 Å². The molecule has 0 heterocycles. The SMILES string of the molecule is NCCC(N)=CCCCCCCCCCCC=C(N)CCN. The van der Waals surface area contributed by atoms with E-state index in [9.17, 15) is 0 Å². The van der Waals surface area contributed by atoms with Gasteiger partial charge in [0.1, 0.15) is 0 Å². The van der Waals surface area contributed by atoms with E-state index in [1.54, 1.807) is 0 Å². The van der Waals surface area contributed by atoms with Gasteiger partial charge in [-0.3, -0.25) is 0 Å². The van der Waals surface area contributed by atoms with Crippen LogP contribution in [-0.4, -0.2) is 13.1 Å². The molecule has 0 bridgehead atoms. The maximum atomic E-state index is 5.80. The van der Waals surface area contributed by atoms with Gasteiger partial charge in [0.05, 0.1) is 0 Å². The first kappa shape index (κ1) is 21.0. The molecular formula is C18H38N4. The van der Waals surface area contributed by atoms with E-state index in [-0.39, 0.29) is 0 Å². The van der Waals surface area contributed by atoms with E-state index in [0.717, 1.165) is 37.1 Å². The number of nitrogens with two attached hydrogens (primary N) is 4. The smallest absolute Gasteiger partial charge is 0.00526 e. The second kappa shape index (κ2) is 16.4. The van der Waals surface area contributed by atoms with Crippen molar-refractivity contribution in [1.29, 1.82) is 0 Å². The van der Waals surface area contributed by atoms with E-state index in [2.05, 4.69) is 12.2 Å². The van der Waals surface area contributed by atoms with Gasteiger partial charge in [0.2, 0.25) is 0 Å². The van der Waals surface area contributed by atoms with Crippen LogP contribution in [0.3, 0.4) is 0 Å². The third-order valence-corrected chi connectivity index (χ3v) is 3.84. The summed E-state index contributed by atoms with van der Waals surface area (Å²) in [5, 5.41) is 0. The van der Waals surface area contributed by atoms with Crippen molar-refractivity contribution in [2.24, 2.45) is 22.9 Å². The Balaban J connectivity index is 3.24. The summed E-state index contributed by atoms with van der Waals surface area (Å²) in [5.74, 6) is 0. The number of unbranched alkanes of at least 4 members (excludes halogenated alkanes) is 9. The summed E-state index contributed by atoms with van der Waals surface area (Å²) in [5.41, 5.74) is 24.4. The van der Waals surface area contributed by atoms with Gasteiger partial charge in [0.15, 0.2) is 0 Å². The van der Waals surface area contributed by atoms with Crippen molar-refractivity contribution in [2.75, 3.05) is 13.1 Å². The van der Waals surface area contributed by atoms with Gasteiger partial charge < -0.3 is 22.9 Å². The van der Waals surface area contributed by atoms with E-state index < -0.39 is 0 Å². The van der Waals surface area contributed by atoms with Crippen LogP contribution in [0, 0.1) is 0 Å². The highest BCUT2D eigenvalue weighted by atomic mass is 14.6. The molecule has 0 saturated carbocycles. The van der Waals surface area contributed by atoms with Crippen molar-refractivity contribution in [3.63, 3.8) is 0 Å². The fraction of sp³-hybridized carbons (Fsp3) is 0.778. The maximum absolute atomic E-state index is 5.80. The summed E-state index contributed by atoms with van der Waals surface area (Å²) < 4.78 is 0. The number of hydrogen-bond donors (Lipinski definition) is 4. The van der Waals surface area contributed by atoms with Gasteiger partial charge in [0.25, 0.3) is 0 Å². The minimum atomic E-state index is 0.651. The van der Waals surface area contributed by atoms with Crippen molar-refractivity contribution in [2.45, 2.75) is 77.0 Å². The summed E-state index contributed by atoms with van der Waals surface area (Å²) >= 11 is 0. The first-order chi connectivity index (χ1) is 10.7. The molecule has 8 N–H and O–H groups in total. The predicted octanol–water partition coefficient (Wildman–Crippen LogP) is 3.27. The summed E-state index contributed by atoms with van der Waals surface area (Å²) in [6.45, 7) is 1.30. The molecule has 0 unspecified atom stereocenters. The molecule has 0 rings (SSSR count). The van der Waals surface area contributed by atoms with Gasteiger partial charge in [-0.05, 0) is 51.6 Å². The molecule has 0 spiro atoms. The standard InChI is InChI=1S/C18H38N4/c19-15-13-17(21)11-9-7-5-3-1-2-4-6-8-10-12-18(22)14-16-20/h11-12H,1-10,13-16,19-22H2. The molecule has 0 aliphatic heterocycles. The molecule has 0 aliphatic rings. The Bertz CT molecular complexity index is 267. The van der Waals surface area contributed by atoms with E-state index >= 15 is 0 Å². The Morgan fingerprint density at radius 3 is 1.18 bits per heavy atom. The lowest BCUT2D eigenvalue weighted by Gasteiger charge is -2.02. The highest BCUT2D eigenvalue weighted by Crippen LogP contribution is 2.11. The zero-order valence-corrected chi connectivity index (χ0v) is 14.4. The molecule has 0 amide bonds. The van der Waals surface area contributed by atoms with Gasteiger partial charge in [-0.15, -0.1) is 0 Å². The fourth-order valence-electron chi connectivity index (χ4n) is 2.46. The average molecular weight is 311 g/mol. The minimum absolute atomic E-state index is 0.651. The molecule has 4 nitrogen and oxygen atoms in total. The van der Waals surface area contributed by atoms with Crippen LogP contribution < -0.4 is 22.9 Å². The van der Waals surface area contributed by atoms with Gasteiger partial charge >= 0.3 is 0 Å². The lowest BCUT2D eigenvalue weighted by atomic mass is 10.1. The zero-order chi connectivity index (χ0) is 16.5. The Morgan fingerprint density at radius 1 is 0.545 bits per heavy atom. The third kappa shape index (κ3) is 15.4. The Labute approximate surface area is 137 Å². The van der Waals surface area contributed by atoms with Crippen LogP contribution >= 0.6 is 0 Å². The highest BCUT2D eigenvalue weighted by Gasteiger charge is 1.93. The zero-order valence-electron chi connectivity index (χ0n) is 14.4. The van der Waals surface area contributed by atoms with Crippen molar-refractivity contribution in [3.8, 4) is 0 Å². The first-order valence-corrected chi connectivity index (χ1v) is 8.99. The molecule has 0 aliphatic carbocycles. The lowest BCUT2D eigenvalue weighted by molar-refractivity contribution is 0.570. The van der Waals surface area contributed by atoms with E-state index in [4.69, 9.17) is 22.9 Å². The third-order valence-electron chi connectivity index (χ3n) is 3.84. The monoisotopic (exact) mass is 310 g/mol. The molecule has 4 heteroatoms. The molecular weight excluding hydrogens is 272 g/mol. The number of allylic oxidation sites excluding steroid dienone is 2. The summed E-state index contributed by atoms with van der Waals surface area (Å²) in [4.78, 5) is 0.